The second-order valence-electron chi connectivity index (χ2n) is 3.08. The monoisotopic (exact) mass is 195 g/mol. The molecule has 0 aliphatic carbocycles. The molecule has 1 aromatic carbocycles. The minimum Gasteiger partial charge on any atom is -0.465 e. The molecule has 2 atom stereocenters. The van der Waals surface area contributed by atoms with Crippen molar-refractivity contribution in [2.45, 2.75) is 19.1 Å². The molecule has 0 unspecified atom stereocenters. The van der Waals surface area contributed by atoms with Gasteiger partial charge in [-0.3, -0.25) is 0 Å². The van der Waals surface area contributed by atoms with Gasteiger partial charge in [0.25, 0.3) is 0 Å². The molecular weight excluding hydrogens is 182 g/mol. The van der Waals surface area contributed by atoms with E-state index in [0.717, 1.165) is 5.56 Å². The highest BCUT2D eigenvalue weighted by Gasteiger charge is 2.18. The molecule has 1 amide bonds. The van der Waals surface area contributed by atoms with Crippen molar-refractivity contribution in [1.82, 2.24) is 5.32 Å². The number of hydrogen-bond donors (Lipinski definition) is 3. The number of rotatable bonds is 3. The lowest BCUT2D eigenvalue weighted by Crippen LogP contribution is -2.33. The third-order valence-electron chi connectivity index (χ3n) is 1.92. The molecule has 1 rings (SSSR count). The lowest BCUT2D eigenvalue weighted by Gasteiger charge is -2.19. The highest BCUT2D eigenvalue weighted by atomic mass is 16.4. The second kappa shape index (κ2) is 4.62. The Kier molecular flexibility index (Phi) is 3.48. The summed E-state index contributed by atoms with van der Waals surface area (Å²) in [5.41, 5.74) is 0.755. The zero-order valence-corrected chi connectivity index (χ0v) is 7.84. The Morgan fingerprint density at radius 1 is 1.36 bits per heavy atom. The first kappa shape index (κ1) is 10.5. The molecule has 0 spiro atoms. The van der Waals surface area contributed by atoms with Crippen LogP contribution < -0.4 is 5.32 Å². The van der Waals surface area contributed by atoms with Crippen molar-refractivity contribution in [1.29, 1.82) is 0 Å². The number of amides is 1. The molecule has 0 aromatic heterocycles. The van der Waals surface area contributed by atoms with Gasteiger partial charge in [0.2, 0.25) is 0 Å². The summed E-state index contributed by atoms with van der Waals surface area (Å²) in [5.74, 6) is 0. The average Bonchev–Trinajstić information content (AvgIpc) is 2.15. The van der Waals surface area contributed by atoms with Crippen LogP contribution in [0, 0.1) is 0 Å². The van der Waals surface area contributed by atoms with Gasteiger partial charge in [-0.25, -0.2) is 4.79 Å². The van der Waals surface area contributed by atoms with Crippen molar-refractivity contribution in [2.75, 3.05) is 0 Å². The fourth-order valence-corrected chi connectivity index (χ4v) is 1.28. The number of aliphatic hydroxyl groups excluding tert-OH is 1. The Morgan fingerprint density at radius 2 is 1.93 bits per heavy atom. The van der Waals surface area contributed by atoms with Gasteiger partial charge in [0, 0.05) is 0 Å². The summed E-state index contributed by atoms with van der Waals surface area (Å²) < 4.78 is 0. The SMILES string of the molecule is C[C@H](O)[C@@H](NC(=O)O)c1ccccc1. The van der Waals surface area contributed by atoms with Crippen molar-refractivity contribution in [3.63, 3.8) is 0 Å². The summed E-state index contributed by atoms with van der Waals surface area (Å²) in [5, 5.41) is 20.2. The van der Waals surface area contributed by atoms with Crippen LogP contribution >= 0.6 is 0 Å². The molecule has 0 bridgehead atoms. The minimum atomic E-state index is -1.14. The van der Waals surface area contributed by atoms with Crippen molar-refractivity contribution in [2.24, 2.45) is 0 Å². The van der Waals surface area contributed by atoms with Gasteiger partial charge < -0.3 is 15.5 Å². The largest absolute Gasteiger partial charge is 0.465 e. The van der Waals surface area contributed by atoms with Gasteiger partial charge in [0.15, 0.2) is 0 Å². The van der Waals surface area contributed by atoms with E-state index in [1.165, 1.54) is 0 Å². The molecule has 0 aliphatic rings. The molecular formula is C10H13NO3. The van der Waals surface area contributed by atoms with E-state index in [-0.39, 0.29) is 0 Å². The van der Waals surface area contributed by atoms with Crippen molar-refractivity contribution < 1.29 is 15.0 Å². The molecule has 0 radical (unpaired) electrons. The van der Waals surface area contributed by atoms with E-state index < -0.39 is 18.2 Å². The van der Waals surface area contributed by atoms with Gasteiger partial charge in [-0.1, -0.05) is 30.3 Å². The van der Waals surface area contributed by atoms with Crippen LogP contribution in [-0.4, -0.2) is 22.4 Å². The molecule has 1 aromatic rings. The Labute approximate surface area is 82.2 Å². The number of carboxylic acid groups (broad SMARTS) is 1. The summed E-state index contributed by atoms with van der Waals surface area (Å²) in [7, 11) is 0. The van der Waals surface area contributed by atoms with Gasteiger partial charge >= 0.3 is 6.09 Å². The van der Waals surface area contributed by atoms with Crippen molar-refractivity contribution >= 4 is 6.09 Å². The van der Waals surface area contributed by atoms with Crippen LogP contribution in [0.25, 0.3) is 0 Å². The topological polar surface area (TPSA) is 69.6 Å². The van der Waals surface area contributed by atoms with Gasteiger partial charge in [-0.2, -0.15) is 0 Å². The van der Waals surface area contributed by atoms with Gasteiger partial charge in [0.05, 0.1) is 12.1 Å². The smallest absolute Gasteiger partial charge is 0.405 e. The molecule has 0 saturated carbocycles. The van der Waals surface area contributed by atoms with E-state index in [2.05, 4.69) is 5.32 Å². The van der Waals surface area contributed by atoms with E-state index in [0.29, 0.717) is 0 Å². The van der Waals surface area contributed by atoms with Crippen LogP contribution in [0.5, 0.6) is 0 Å². The van der Waals surface area contributed by atoms with E-state index in [1.54, 1.807) is 31.2 Å². The average molecular weight is 195 g/mol. The Balaban J connectivity index is 2.83. The Morgan fingerprint density at radius 3 is 2.36 bits per heavy atom. The Bertz CT molecular complexity index is 297. The molecule has 0 aliphatic heterocycles. The van der Waals surface area contributed by atoms with E-state index in [9.17, 15) is 9.90 Å². The van der Waals surface area contributed by atoms with E-state index in [4.69, 9.17) is 5.11 Å². The van der Waals surface area contributed by atoms with Gasteiger partial charge in [-0.15, -0.1) is 0 Å². The summed E-state index contributed by atoms with van der Waals surface area (Å²) >= 11 is 0. The van der Waals surface area contributed by atoms with E-state index >= 15 is 0 Å². The summed E-state index contributed by atoms with van der Waals surface area (Å²) in [6.07, 6.45) is -1.90. The standard InChI is InChI=1S/C10H13NO3/c1-7(12)9(11-10(13)14)8-5-3-2-4-6-8/h2-7,9,11-12H,1H3,(H,13,14)/t7-,9+/m0/s1. The lowest BCUT2D eigenvalue weighted by atomic mass is 10.0. The summed E-state index contributed by atoms with van der Waals surface area (Å²) in [6.45, 7) is 1.55. The predicted octanol–water partition coefficient (Wildman–Crippen LogP) is 1.38. The fourth-order valence-electron chi connectivity index (χ4n) is 1.28. The van der Waals surface area contributed by atoms with Crippen LogP contribution in [0.2, 0.25) is 0 Å². The zero-order valence-electron chi connectivity index (χ0n) is 7.84. The summed E-state index contributed by atoms with van der Waals surface area (Å²) in [4.78, 5) is 10.5. The molecule has 76 valence electrons. The van der Waals surface area contributed by atoms with Crippen LogP contribution in [0.1, 0.15) is 18.5 Å². The predicted molar refractivity (Wildman–Crippen MR) is 52.0 cm³/mol. The van der Waals surface area contributed by atoms with Crippen LogP contribution in [0.3, 0.4) is 0 Å². The maximum absolute atomic E-state index is 10.5. The van der Waals surface area contributed by atoms with Gasteiger partial charge in [0.1, 0.15) is 0 Å². The molecule has 4 nitrogen and oxygen atoms in total. The van der Waals surface area contributed by atoms with Crippen LogP contribution in [0.4, 0.5) is 4.79 Å². The molecule has 0 saturated heterocycles. The Hall–Kier alpha value is -1.55. The highest BCUT2D eigenvalue weighted by Crippen LogP contribution is 2.16. The molecule has 0 fully saturated rings. The van der Waals surface area contributed by atoms with Crippen molar-refractivity contribution in [3.05, 3.63) is 35.9 Å². The maximum atomic E-state index is 10.5. The first-order valence-electron chi connectivity index (χ1n) is 4.33. The molecule has 0 heterocycles. The third kappa shape index (κ3) is 2.74. The number of carbonyl (C=O) groups is 1. The first-order valence-corrected chi connectivity index (χ1v) is 4.33. The van der Waals surface area contributed by atoms with Crippen molar-refractivity contribution in [3.8, 4) is 0 Å². The lowest BCUT2D eigenvalue weighted by molar-refractivity contribution is 0.133. The number of nitrogens with one attached hydrogen (secondary N) is 1. The quantitative estimate of drug-likeness (QED) is 0.682. The van der Waals surface area contributed by atoms with Crippen LogP contribution in [0.15, 0.2) is 30.3 Å². The normalized spacial score (nSPS) is 14.4. The number of benzene rings is 1. The summed E-state index contributed by atoms with van der Waals surface area (Å²) in [6, 6.07) is 8.40. The number of aliphatic hydroxyl groups is 1. The fraction of sp³-hybridized carbons (Fsp3) is 0.300. The molecule has 4 heteroatoms. The number of hydrogen-bond acceptors (Lipinski definition) is 2. The minimum absolute atomic E-state index is 0.575. The van der Waals surface area contributed by atoms with Gasteiger partial charge in [-0.05, 0) is 12.5 Å². The third-order valence-corrected chi connectivity index (χ3v) is 1.92. The highest BCUT2D eigenvalue weighted by molar-refractivity contribution is 5.65. The second-order valence-corrected chi connectivity index (χ2v) is 3.08. The van der Waals surface area contributed by atoms with E-state index in [1.807, 2.05) is 6.07 Å². The van der Waals surface area contributed by atoms with Crippen LogP contribution in [-0.2, 0) is 0 Å². The first-order chi connectivity index (χ1) is 6.61. The molecule has 14 heavy (non-hydrogen) atoms. The molecule has 3 N–H and O–H groups in total. The zero-order chi connectivity index (χ0) is 10.6. The maximum Gasteiger partial charge on any atom is 0.405 e.